The van der Waals surface area contributed by atoms with Crippen LogP contribution in [0.25, 0.3) is 10.8 Å². The zero-order valence-corrected chi connectivity index (χ0v) is 29.7. The van der Waals surface area contributed by atoms with Crippen LogP contribution in [-0.4, -0.2) is 69.4 Å². The summed E-state index contributed by atoms with van der Waals surface area (Å²) in [6.45, 7) is 16.7. The summed E-state index contributed by atoms with van der Waals surface area (Å²) in [6, 6.07) is 32.6. The van der Waals surface area contributed by atoms with E-state index in [9.17, 15) is 0 Å². The molecule has 0 radical (unpaired) electrons. The van der Waals surface area contributed by atoms with Gasteiger partial charge in [-0.2, -0.15) is 0 Å². The lowest BCUT2D eigenvalue weighted by Gasteiger charge is -2.31. The quantitative estimate of drug-likeness (QED) is 0.0864. The molecule has 0 N–H and O–H groups in total. The zero-order valence-electron chi connectivity index (χ0n) is 28.7. The van der Waals surface area contributed by atoms with Crippen molar-refractivity contribution in [3.63, 3.8) is 0 Å². The number of hydrogen-bond donors (Lipinski definition) is 0. The van der Waals surface area contributed by atoms with E-state index < -0.39 is 8.80 Å². The van der Waals surface area contributed by atoms with E-state index in [0.29, 0.717) is 6.04 Å². The van der Waals surface area contributed by atoms with Crippen molar-refractivity contribution >= 4 is 36.6 Å². The molecule has 0 saturated heterocycles. The average Bonchev–Trinajstić information content (AvgIpc) is 3.10. The van der Waals surface area contributed by atoms with Crippen LogP contribution in [0, 0.1) is 0 Å². The largest absolute Gasteiger partial charge is 0.501 e. The predicted molar refractivity (Wildman–Crippen MR) is 194 cm³/mol. The number of rotatable bonds is 17. The first kappa shape index (κ1) is 34.5. The highest BCUT2D eigenvalue weighted by Crippen LogP contribution is 2.40. The first-order valence-corrected chi connectivity index (χ1v) is 18.5. The summed E-state index contributed by atoms with van der Waals surface area (Å²) in [4.78, 5) is 7.21. The van der Waals surface area contributed by atoms with Crippen molar-refractivity contribution in [1.29, 1.82) is 0 Å². The molecule has 4 aromatic rings. The van der Waals surface area contributed by atoms with E-state index in [-0.39, 0.29) is 5.92 Å². The summed E-state index contributed by atoms with van der Waals surface area (Å²) in [5, 5.41) is 2.52. The van der Waals surface area contributed by atoms with Crippen LogP contribution < -0.4 is 14.7 Å². The molecule has 4 rings (SSSR count). The Labute approximate surface area is 272 Å². The fraction of sp³-hybridized carbons (Fsp3) is 0.421. The van der Waals surface area contributed by atoms with Crippen LogP contribution in [0.2, 0.25) is 6.04 Å². The van der Waals surface area contributed by atoms with Gasteiger partial charge < -0.3 is 28.0 Å². The van der Waals surface area contributed by atoms with Crippen molar-refractivity contribution in [2.75, 3.05) is 75.3 Å². The molecule has 0 aliphatic carbocycles. The van der Waals surface area contributed by atoms with Gasteiger partial charge in [0.15, 0.2) is 0 Å². The van der Waals surface area contributed by atoms with Crippen LogP contribution in [0.4, 0.5) is 17.1 Å². The molecular formula is C38H53N3O3Si. The van der Waals surface area contributed by atoms with Crippen molar-refractivity contribution in [2.45, 2.75) is 46.6 Å². The standard InChI is InChI=1S/C38H53N3O3Si/c1-9-39(10-2)32-22-18-30(19-23-32)38(31-20-24-33(25-21-31)40(11-3)12-4)36-26-27-37(35-17-15-14-16-34(35)36)41(13-5)28-29-45(42-6,43-7)44-8/h14-27,38H,9-13,28-29H2,1-8H3. The number of hydrogen-bond acceptors (Lipinski definition) is 6. The Morgan fingerprint density at radius 3 is 1.40 bits per heavy atom. The number of fused-ring (bicyclic) bond motifs is 1. The summed E-state index contributed by atoms with van der Waals surface area (Å²) in [5.74, 6) is 0.0889. The van der Waals surface area contributed by atoms with Gasteiger partial charge in [-0.3, -0.25) is 0 Å². The van der Waals surface area contributed by atoms with Crippen LogP contribution in [0.3, 0.4) is 0 Å². The fourth-order valence-corrected chi connectivity index (χ4v) is 8.25. The lowest BCUT2D eigenvalue weighted by Crippen LogP contribution is -2.45. The molecular weight excluding hydrogens is 575 g/mol. The SMILES string of the molecule is CCN(CC)c1ccc(C(c2ccc(N(CC)CC)cc2)c2ccc(N(CC)CC[Si](OC)(OC)OC)c3ccccc23)cc1. The highest BCUT2D eigenvalue weighted by molar-refractivity contribution is 6.60. The lowest BCUT2D eigenvalue weighted by atomic mass is 9.82. The molecule has 7 heteroatoms. The van der Waals surface area contributed by atoms with Crippen molar-refractivity contribution < 1.29 is 13.3 Å². The van der Waals surface area contributed by atoms with Crippen LogP contribution >= 0.6 is 0 Å². The third kappa shape index (κ3) is 7.55. The molecule has 0 heterocycles. The molecule has 0 amide bonds. The molecule has 0 atom stereocenters. The second-order valence-corrected chi connectivity index (χ2v) is 14.4. The van der Waals surface area contributed by atoms with E-state index in [1.54, 1.807) is 21.3 Å². The molecule has 0 aliphatic heterocycles. The Morgan fingerprint density at radius 2 is 0.978 bits per heavy atom. The summed E-state index contributed by atoms with van der Waals surface area (Å²) in [7, 11) is 2.35. The minimum Gasteiger partial charge on any atom is -0.377 e. The minimum atomic E-state index is -2.70. The molecule has 0 unspecified atom stereocenters. The molecule has 0 aliphatic rings. The van der Waals surface area contributed by atoms with E-state index in [0.717, 1.165) is 39.3 Å². The van der Waals surface area contributed by atoms with Crippen LogP contribution in [0.1, 0.15) is 57.2 Å². The molecule has 0 saturated carbocycles. The molecule has 6 nitrogen and oxygen atoms in total. The highest BCUT2D eigenvalue weighted by Gasteiger charge is 2.38. The van der Waals surface area contributed by atoms with Gasteiger partial charge in [0.2, 0.25) is 0 Å². The van der Waals surface area contributed by atoms with E-state index in [4.69, 9.17) is 13.3 Å². The second kappa shape index (κ2) is 16.3. The zero-order chi connectivity index (χ0) is 32.4. The maximum Gasteiger partial charge on any atom is 0.501 e. The second-order valence-electron chi connectivity index (χ2n) is 11.3. The smallest absolute Gasteiger partial charge is 0.377 e. The molecule has 4 aromatic carbocycles. The Balaban J connectivity index is 1.83. The van der Waals surface area contributed by atoms with Gasteiger partial charge in [0, 0.05) is 95.0 Å². The van der Waals surface area contributed by atoms with Gasteiger partial charge >= 0.3 is 8.80 Å². The normalized spacial score (nSPS) is 11.8. The van der Waals surface area contributed by atoms with E-state index >= 15 is 0 Å². The maximum atomic E-state index is 5.74. The van der Waals surface area contributed by atoms with E-state index in [2.05, 4.69) is 134 Å². The van der Waals surface area contributed by atoms with Gasteiger partial charge in [-0.25, -0.2) is 0 Å². The van der Waals surface area contributed by atoms with Crippen molar-refractivity contribution in [1.82, 2.24) is 0 Å². The van der Waals surface area contributed by atoms with Crippen LogP contribution in [0.5, 0.6) is 0 Å². The number of benzene rings is 4. The first-order chi connectivity index (χ1) is 21.9. The molecule has 0 fully saturated rings. The van der Waals surface area contributed by atoms with E-state index in [1.165, 1.54) is 44.5 Å². The maximum absolute atomic E-state index is 5.74. The fourth-order valence-electron chi connectivity index (χ4n) is 6.60. The minimum absolute atomic E-state index is 0.0889. The lowest BCUT2D eigenvalue weighted by molar-refractivity contribution is 0.124. The topological polar surface area (TPSA) is 37.4 Å². The van der Waals surface area contributed by atoms with Gasteiger partial charge in [0.05, 0.1) is 0 Å². The summed E-state index contributed by atoms with van der Waals surface area (Å²) in [5.41, 5.74) is 7.65. The average molecular weight is 628 g/mol. The number of anilines is 3. The Kier molecular flexibility index (Phi) is 12.5. The predicted octanol–water partition coefficient (Wildman–Crippen LogP) is 8.42. The van der Waals surface area contributed by atoms with Gasteiger partial charge in [0.25, 0.3) is 0 Å². The molecule has 0 spiro atoms. The molecule has 0 bridgehead atoms. The summed E-state index contributed by atoms with van der Waals surface area (Å²) < 4.78 is 17.2. The highest BCUT2D eigenvalue weighted by atomic mass is 28.4. The third-order valence-corrected chi connectivity index (χ3v) is 12.0. The van der Waals surface area contributed by atoms with Crippen LogP contribution in [0.15, 0.2) is 84.9 Å². The van der Waals surface area contributed by atoms with Crippen LogP contribution in [-0.2, 0) is 13.3 Å². The van der Waals surface area contributed by atoms with Gasteiger partial charge in [0.1, 0.15) is 0 Å². The Hall–Kier alpha value is -3.36. The molecule has 242 valence electrons. The van der Waals surface area contributed by atoms with E-state index in [1.807, 2.05) is 0 Å². The summed E-state index contributed by atoms with van der Waals surface area (Å²) in [6.07, 6.45) is 0. The third-order valence-electron chi connectivity index (χ3n) is 9.30. The Morgan fingerprint density at radius 1 is 0.533 bits per heavy atom. The van der Waals surface area contributed by atoms with Gasteiger partial charge in [-0.05, 0) is 87.0 Å². The van der Waals surface area contributed by atoms with Gasteiger partial charge in [-0.1, -0.05) is 54.6 Å². The van der Waals surface area contributed by atoms with Crippen molar-refractivity contribution in [2.24, 2.45) is 0 Å². The Bertz CT molecular complexity index is 1400. The molecule has 45 heavy (non-hydrogen) atoms. The molecule has 0 aromatic heterocycles. The van der Waals surface area contributed by atoms with Crippen molar-refractivity contribution in [3.05, 3.63) is 102 Å². The number of nitrogens with zero attached hydrogens (tertiary/aromatic N) is 3. The monoisotopic (exact) mass is 627 g/mol. The van der Waals surface area contributed by atoms with Crippen molar-refractivity contribution in [3.8, 4) is 0 Å². The van der Waals surface area contributed by atoms with Gasteiger partial charge in [-0.15, -0.1) is 0 Å². The first-order valence-electron chi connectivity index (χ1n) is 16.5. The summed E-state index contributed by atoms with van der Waals surface area (Å²) >= 11 is 0.